The highest BCUT2D eigenvalue weighted by molar-refractivity contribution is 9.10. The zero-order chi connectivity index (χ0) is 14.8. The van der Waals surface area contributed by atoms with Gasteiger partial charge in [0.15, 0.2) is 0 Å². The molecule has 5 heteroatoms. The molecule has 0 saturated carbocycles. The number of rotatable bonds is 5. The summed E-state index contributed by atoms with van der Waals surface area (Å²) in [6.45, 7) is 3.14. The van der Waals surface area contributed by atoms with Gasteiger partial charge in [-0.05, 0) is 46.6 Å². The van der Waals surface area contributed by atoms with Gasteiger partial charge in [0, 0.05) is 15.8 Å². The van der Waals surface area contributed by atoms with E-state index in [1.165, 1.54) is 10.4 Å². The van der Waals surface area contributed by atoms with E-state index in [1.54, 1.807) is 11.3 Å². The third-order valence-electron chi connectivity index (χ3n) is 3.63. The Morgan fingerprint density at radius 1 is 1.48 bits per heavy atom. The number of halogens is 2. The van der Waals surface area contributed by atoms with Gasteiger partial charge in [0.05, 0.1) is 6.04 Å². The Morgan fingerprint density at radius 2 is 2.29 bits per heavy atom. The fourth-order valence-electron chi connectivity index (χ4n) is 2.63. The van der Waals surface area contributed by atoms with E-state index in [0.717, 1.165) is 33.9 Å². The molecule has 0 spiro atoms. The Kier molecular flexibility index (Phi) is 4.89. The van der Waals surface area contributed by atoms with Gasteiger partial charge in [-0.3, -0.25) is 0 Å². The molecule has 0 bridgehead atoms. The van der Waals surface area contributed by atoms with Crippen LogP contribution in [0.15, 0.2) is 34.8 Å². The largest absolute Gasteiger partial charge is 0.488 e. The van der Waals surface area contributed by atoms with E-state index < -0.39 is 0 Å². The van der Waals surface area contributed by atoms with Crippen LogP contribution in [-0.2, 0) is 6.42 Å². The van der Waals surface area contributed by atoms with Crippen molar-refractivity contribution in [3.05, 3.63) is 49.6 Å². The smallest absolute Gasteiger partial charge is 0.123 e. The van der Waals surface area contributed by atoms with Crippen LogP contribution >= 0.6 is 38.9 Å². The molecule has 0 radical (unpaired) electrons. The predicted molar refractivity (Wildman–Crippen MR) is 92.6 cm³/mol. The minimum Gasteiger partial charge on any atom is -0.488 e. The first-order valence-corrected chi connectivity index (χ1v) is 9.10. The van der Waals surface area contributed by atoms with Gasteiger partial charge in [-0.25, -0.2) is 0 Å². The van der Waals surface area contributed by atoms with E-state index in [9.17, 15) is 0 Å². The molecular weight excluding hydrogens is 370 g/mol. The van der Waals surface area contributed by atoms with Crippen LogP contribution in [0.5, 0.6) is 5.75 Å². The summed E-state index contributed by atoms with van der Waals surface area (Å²) in [5.74, 6) is 1.01. The summed E-state index contributed by atoms with van der Waals surface area (Å²) in [7, 11) is 0. The van der Waals surface area contributed by atoms with Crippen LogP contribution < -0.4 is 10.1 Å². The lowest BCUT2D eigenvalue weighted by Crippen LogP contribution is -2.34. The topological polar surface area (TPSA) is 21.3 Å². The third kappa shape index (κ3) is 3.29. The molecule has 1 aromatic heterocycles. The second-order valence-corrected chi connectivity index (χ2v) is 7.71. The molecule has 0 fully saturated rings. The zero-order valence-corrected chi connectivity index (χ0v) is 14.9. The summed E-state index contributed by atoms with van der Waals surface area (Å²) in [5, 5.41) is 3.61. The molecule has 1 aliphatic rings. The van der Waals surface area contributed by atoms with Gasteiger partial charge in [-0.15, -0.1) is 11.3 Å². The summed E-state index contributed by atoms with van der Waals surface area (Å²) in [6.07, 6.45) is 2.15. The van der Waals surface area contributed by atoms with Crippen molar-refractivity contribution in [3.8, 4) is 5.75 Å². The molecule has 2 heterocycles. The second-order valence-electron chi connectivity index (χ2n) is 5.17. The number of fused-ring (bicyclic) bond motifs is 1. The summed E-state index contributed by atoms with van der Waals surface area (Å²) in [4.78, 5) is 1.22. The minimum absolute atomic E-state index is 0.121. The Morgan fingerprint density at radius 3 is 2.95 bits per heavy atom. The fraction of sp³-hybridized carbons (Fsp3) is 0.375. The normalized spacial score (nSPS) is 18.3. The molecule has 1 aromatic carbocycles. The SMILES string of the molecule is CCCNC(c1cc(Br)c(Cl)s1)C1Cc2ccccc2O1. The van der Waals surface area contributed by atoms with Crippen molar-refractivity contribution in [2.24, 2.45) is 0 Å². The number of para-hydroxylation sites is 1. The van der Waals surface area contributed by atoms with Crippen LogP contribution in [0.3, 0.4) is 0 Å². The lowest BCUT2D eigenvalue weighted by molar-refractivity contribution is 0.180. The average molecular weight is 387 g/mol. The van der Waals surface area contributed by atoms with Gasteiger partial charge < -0.3 is 10.1 Å². The summed E-state index contributed by atoms with van der Waals surface area (Å²) in [5.41, 5.74) is 1.28. The van der Waals surface area contributed by atoms with E-state index in [2.05, 4.69) is 46.4 Å². The van der Waals surface area contributed by atoms with Gasteiger partial charge in [0.25, 0.3) is 0 Å². The molecule has 2 aromatic rings. The maximum atomic E-state index is 6.21. The Hall–Kier alpha value is -0.550. The van der Waals surface area contributed by atoms with Crippen molar-refractivity contribution in [3.63, 3.8) is 0 Å². The Bertz CT molecular complexity index is 586. The van der Waals surface area contributed by atoms with Gasteiger partial charge in [-0.2, -0.15) is 0 Å². The lowest BCUT2D eigenvalue weighted by atomic mass is 10.0. The van der Waals surface area contributed by atoms with Crippen molar-refractivity contribution in [1.82, 2.24) is 5.32 Å². The van der Waals surface area contributed by atoms with Crippen molar-refractivity contribution in [2.45, 2.75) is 31.9 Å². The van der Waals surface area contributed by atoms with Crippen LogP contribution in [0.25, 0.3) is 0 Å². The van der Waals surface area contributed by atoms with Crippen LogP contribution in [0.4, 0.5) is 0 Å². The predicted octanol–water partition coefficient (Wildman–Crippen LogP) is 5.21. The standard InChI is InChI=1S/C16H17BrClNOS/c1-2-7-19-15(14-9-11(17)16(18)21-14)13-8-10-5-3-4-6-12(10)20-13/h3-6,9,13,15,19H,2,7-8H2,1H3. The molecule has 0 amide bonds. The number of nitrogens with one attached hydrogen (secondary N) is 1. The van der Waals surface area contributed by atoms with E-state index in [-0.39, 0.29) is 12.1 Å². The molecule has 3 rings (SSSR count). The van der Waals surface area contributed by atoms with Crippen LogP contribution in [0.2, 0.25) is 4.34 Å². The first kappa shape index (κ1) is 15.3. The van der Waals surface area contributed by atoms with Crippen molar-refractivity contribution in [2.75, 3.05) is 6.54 Å². The van der Waals surface area contributed by atoms with Crippen molar-refractivity contribution < 1.29 is 4.74 Å². The van der Waals surface area contributed by atoms with Gasteiger partial charge in [0.2, 0.25) is 0 Å². The first-order chi connectivity index (χ1) is 10.2. The van der Waals surface area contributed by atoms with Crippen LogP contribution in [0.1, 0.15) is 29.8 Å². The molecular formula is C16H17BrClNOS. The minimum atomic E-state index is 0.121. The molecule has 21 heavy (non-hydrogen) atoms. The molecule has 0 saturated heterocycles. The lowest BCUT2D eigenvalue weighted by Gasteiger charge is -2.23. The summed E-state index contributed by atoms with van der Waals surface area (Å²) < 4.78 is 7.91. The number of ether oxygens (including phenoxy) is 1. The number of benzene rings is 1. The molecule has 2 unspecified atom stereocenters. The van der Waals surface area contributed by atoms with Crippen LogP contribution in [-0.4, -0.2) is 12.6 Å². The molecule has 2 nitrogen and oxygen atoms in total. The quantitative estimate of drug-likeness (QED) is 0.761. The summed E-state index contributed by atoms with van der Waals surface area (Å²) >= 11 is 11.3. The maximum absolute atomic E-state index is 6.21. The van der Waals surface area contributed by atoms with E-state index in [1.807, 2.05) is 12.1 Å². The monoisotopic (exact) mass is 385 g/mol. The Balaban J connectivity index is 1.84. The van der Waals surface area contributed by atoms with Gasteiger partial charge in [0.1, 0.15) is 16.2 Å². The van der Waals surface area contributed by atoms with E-state index >= 15 is 0 Å². The highest BCUT2D eigenvalue weighted by Crippen LogP contribution is 2.40. The molecule has 112 valence electrons. The molecule has 0 aliphatic carbocycles. The van der Waals surface area contributed by atoms with Gasteiger partial charge >= 0.3 is 0 Å². The highest BCUT2D eigenvalue weighted by atomic mass is 79.9. The van der Waals surface area contributed by atoms with Gasteiger partial charge in [-0.1, -0.05) is 36.7 Å². The van der Waals surface area contributed by atoms with E-state index in [0.29, 0.717) is 0 Å². The maximum Gasteiger partial charge on any atom is 0.123 e. The second kappa shape index (κ2) is 6.69. The summed E-state index contributed by atoms with van der Waals surface area (Å²) in [6, 6.07) is 10.6. The zero-order valence-electron chi connectivity index (χ0n) is 11.7. The third-order valence-corrected chi connectivity index (χ3v) is 6.19. The highest BCUT2D eigenvalue weighted by Gasteiger charge is 2.32. The van der Waals surface area contributed by atoms with Crippen LogP contribution in [0, 0.1) is 0 Å². The van der Waals surface area contributed by atoms with Crippen molar-refractivity contribution in [1.29, 1.82) is 0 Å². The molecule has 1 N–H and O–H groups in total. The number of thiophene rings is 1. The number of hydrogen-bond acceptors (Lipinski definition) is 3. The Labute approximate surface area is 142 Å². The number of hydrogen-bond donors (Lipinski definition) is 1. The first-order valence-electron chi connectivity index (χ1n) is 7.11. The van der Waals surface area contributed by atoms with E-state index in [4.69, 9.17) is 16.3 Å². The average Bonchev–Trinajstić information content (AvgIpc) is 3.04. The molecule has 2 atom stereocenters. The van der Waals surface area contributed by atoms with Crippen molar-refractivity contribution >= 4 is 38.9 Å². The molecule has 1 aliphatic heterocycles. The fourth-order valence-corrected chi connectivity index (χ4v) is 4.49.